The highest BCUT2D eigenvalue weighted by Gasteiger charge is 2.13. The SMILES string of the molecule is Cc1cccc(-n2nnc3ccc(NC(=O)[C@@H](N)CO)cc32)c1.Cl. The predicted octanol–water partition coefficient (Wildman–Crippen LogP) is 1.41. The summed E-state index contributed by atoms with van der Waals surface area (Å²) in [7, 11) is 0. The van der Waals surface area contributed by atoms with Crippen molar-refractivity contribution in [3.63, 3.8) is 0 Å². The van der Waals surface area contributed by atoms with Gasteiger partial charge >= 0.3 is 0 Å². The summed E-state index contributed by atoms with van der Waals surface area (Å²) < 4.78 is 1.71. The van der Waals surface area contributed by atoms with Gasteiger partial charge in [-0.3, -0.25) is 4.79 Å². The van der Waals surface area contributed by atoms with Crippen LogP contribution in [0, 0.1) is 6.92 Å². The third-order valence-electron chi connectivity index (χ3n) is 3.49. The van der Waals surface area contributed by atoms with Gasteiger partial charge < -0.3 is 16.2 Å². The molecule has 1 aromatic heterocycles. The second-order valence-electron chi connectivity index (χ2n) is 5.32. The summed E-state index contributed by atoms with van der Waals surface area (Å²) in [4.78, 5) is 11.8. The van der Waals surface area contributed by atoms with Crippen LogP contribution >= 0.6 is 12.4 Å². The van der Waals surface area contributed by atoms with E-state index in [0.29, 0.717) is 5.69 Å². The molecule has 1 heterocycles. The Hall–Kier alpha value is -2.48. The number of carbonyl (C=O) groups is 1. The second kappa shape index (κ2) is 7.39. The first-order chi connectivity index (χ1) is 11.1. The van der Waals surface area contributed by atoms with Crippen LogP contribution in [0.15, 0.2) is 42.5 Å². The zero-order valence-electron chi connectivity index (χ0n) is 13.0. The van der Waals surface area contributed by atoms with Gasteiger partial charge in [0.15, 0.2) is 0 Å². The quantitative estimate of drug-likeness (QED) is 0.661. The van der Waals surface area contributed by atoms with E-state index < -0.39 is 18.6 Å². The molecule has 0 bridgehead atoms. The third-order valence-corrected chi connectivity index (χ3v) is 3.49. The molecule has 0 unspecified atom stereocenters. The Morgan fingerprint density at radius 2 is 2.12 bits per heavy atom. The van der Waals surface area contributed by atoms with Gasteiger partial charge in [0.25, 0.3) is 0 Å². The first-order valence-corrected chi connectivity index (χ1v) is 7.18. The maximum atomic E-state index is 11.8. The molecule has 0 radical (unpaired) electrons. The van der Waals surface area contributed by atoms with Gasteiger partial charge in [-0.05, 0) is 42.8 Å². The number of aliphatic hydroxyl groups excluding tert-OH is 1. The number of aliphatic hydroxyl groups is 1. The molecule has 0 aliphatic heterocycles. The van der Waals surface area contributed by atoms with Gasteiger partial charge in [0.05, 0.1) is 17.8 Å². The van der Waals surface area contributed by atoms with Crippen LogP contribution in [0.2, 0.25) is 0 Å². The van der Waals surface area contributed by atoms with E-state index in [1.54, 1.807) is 22.9 Å². The number of rotatable bonds is 4. The fourth-order valence-corrected chi connectivity index (χ4v) is 2.26. The number of fused-ring (bicyclic) bond motifs is 1. The zero-order valence-corrected chi connectivity index (χ0v) is 13.8. The third kappa shape index (κ3) is 3.53. The Balaban J connectivity index is 0.00000208. The molecule has 0 aliphatic carbocycles. The minimum absolute atomic E-state index is 0. The highest BCUT2D eigenvalue weighted by Crippen LogP contribution is 2.21. The number of amides is 1. The van der Waals surface area contributed by atoms with Crippen molar-refractivity contribution in [2.45, 2.75) is 13.0 Å². The molecule has 0 saturated carbocycles. The van der Waals surface area contributed by atoms with Crippen molar-refractivity contribution in [2.75, 3.05) is 11.9 Å². The largest absolute Gasteiger partial charge is 0.394 e. The van der Waals surface area contributed by atoms with E-state index in [9.17, 15) is 4.79 Å². The van der Waals surface area contributed by atoms with Crippen molar-refractivity contribution in [2.24, 2.45) is 5.73 Å². The average molecular weight is 348 g/mol. The van der Waals surface area contributed by atoms with Gasteiger partial charge in [-0.25, -0.2) is 4.68 Å². The number of anilines is 1. The van der Waals surface area contributed by atoms with Crippen LogP contribution in [0.3, 0.4) is 0 Å². The molecular weight excluding hydrogens is 330 g/mol. The maximum absolute atomic E-state index is 11.8. The van der Waals surface area contributed by atoms with Gasteiger partial charge in [0.2, 0.25) is 5.91 Å². The normalized spacial score (nSPS) is 11.8. The number of aromatic nitrogens is 3. The molecule has 7 nitrogen and oxygen atoms in total. The Morgan fingerprint density at radius 3 is 2.83 bits per heavy atom. The Labute approximate surface area is 144 Å². The fraction of sp³-hybridized carbons (Fsp3) is 0.188. The lowest BCUT2D eigenvalue weighted by atomic mass is 10.2. The number of nitrogens with zero attached hydrogens (tertiary/aromatic N) is 3. The smallest absolute Gasteiger partial charge is 0.243 e. The average Bonchev–Trinajstić information content (AvgIpc) is 2.97. The predicted molar refractivity (Wildman–Crippen MR) is 94.5 cm³/mol. The van der Waals surface area contributed by atoms with Crippen LogP contribution in [0.25, 0.3) is 16.7 Å². The van der Waals surface area contributed by atoms with E-state index in [1.165, 1.54) is 0 Å². The summed E-state index contributed by atoms with van der Waals surface area (Å²) in [6, 6.07) is 12.2. The lowest BCUT2D eigenvalue weighted by Crippen LogP contribution is -2.38. The molecule has 1 atom stereocenters. The molecule has 0 fully saturated rings. The van der Waals surface area contributed by atoms with Crippen molar-refractivity contribution >= 4 is 35.0 Å². The van der Waals surface area contributed by atoms with Gasteiger partial charge in [-0.1, -0.05) is 17.3 Å². The van der Waals surface area contributed by atoms with E-state index in [4.69, 9.17) is 10.8 Å². The molecule has 0 aliphatic rings. The van der Waals surface area contributed by atoms with Crippen LogP contribution in [0.4, 0.5) is 5.69 Å². The number of aryl methyl sites for hydroxylation is 1. The maximum Gasteiger partial charge on any atom is 0.243 e. The lowest BCUT2D eigenvalue weighted by molar-refractivity contribution is -0.118. The zero-order chi connectivity index (χ0) is 16.4. The number of nitrogens with two attached hydrogens (primary N) is 1. The molecule has 8 heteroatoms. The Bertz CT molecular complexity index is 865. The van der Waals surface area contributed by atoms with Crippen LogP contribution in [0.1, 0.15) is 5.56 Å². The van der Waals surface area contributed by atoms with E-state index in [1.807, 2.05) is 31.2 Å². The summed E-state index contributed by atoms with van der Waals surface area (Å²) in [6.07, 6.45) is 0. The second-order valence-corrected chi connectivity index (χ2v) is 5.32. The Morgan fingerprint density at radius 1 is 1.33 bits per heavy atom. The van der Waals surface area contributed by atoms with Crippen LogP contribution in [-0.2, 0) is 4.79 Å². The topological polar surface area (TPSA) is 106 Å². The molecule has 1 amide bonds. The minimum Gasteiger partial charge on any atom is -0.394 e. The van der Waals surface area contributed by atoms with Crippen molar-refractivity contribution in [3.05, 3.63) is 48.0 Å². The van der Waals surface area contributed by atoms with E-state index in [-0.39, 0.29) is 12.4 Å². The molecule has 2 aromatic carbocycles. The van der Waals surface area contributed by atoms with Crippen molar-refractivity contribution < 1.29 is 9.90 Å². The molecule has 4 N–H and O–H groups in total. The summed E-state index contributed by atoms with van der Waals surface area (Å²) in [5, 5.41) is 19.9. The number of halogens is 1. The van der Waals surface area contributed by atoms with Gasteiger partial charge in [0.1, 0.15) is 11.6 Å². The number of benzene rings is 2. The standard InChI is InChI=1S/C16H17N5O2.ClH/c1-10-3-2-4-12(7-10)21-15-8-11(5-6-14(15)19-20-21)18-16(23)13(17)9-22;/h2-8,13,22H,9,17H2,1H3,(H,18,23);1H/t13-;/m0./s1. The van der Waals surface area contributed by atoms with Gasteiger partial charge in [-0.15, -0.1) is 17.5 Å². The molecule has 24 heavy (non-hydrogen) atoms. The number of carbonyl (C=O) groups excluding carboxylic acids is 1. The van der Waals surface area contributed by atoms with Crippen LogP contribution in [-0.4, -0.2) is 38.7 Å². The van der Waals surface area contributed by atoms with Crippen molar-refractivity contribution in [3.8, 4) is 5.69 Å². The van der Waals surface area contributed by atoms with Crippen LogP contribution in [0.5, 0.6) is 0 Å². The summed E-state index contributed by atoms with van der Waals surface area (Å²) in [5.74, 6) is -0.443. The highest BCUT2D eigenvalue weighted by molar-refractivity contribution is 5.96. The molecule has 0 spiro atoms. The monoisotopic (exact) mass is 347 g/mol. The lowest BCUT2D eigenvalue weighted by Gasteiger charge is -2.10. The Kier molecular flexibility index (Phi) is 5.50. The van der Waals surface area contributed by atoms with E-state index >= 15 is 0 Å². The summed E-state index contributed by atoms with van der Waals surface area (Å²) in [5.41, 5.74) is 9.57. The first-order valence-electron chi connectivity index (χ1n) is 7.18. The number of nitrogens with one attached hydrogen (secondary N) is 1. The van der Waals surface area contributed by atoms with E-state index in [2.05, 4.69) is 15.6 Å². The molecular formula is C16H18ClN5O2. The molecule has 3 aromatic rings. The molecule has 3 rings (SSSR count). The summed E-state index contributed by atoms with van der Waals surface area (Å²) >= 11 is 0. The van der Waals surface area contributed by atoms with Crippen molar-refractivity contribution in [1.82, 2.24) is 15.0 Å². The van der Waals surface area contributed by atoms with Gasteiger partial charge in [0, 0.05) is 5.69 Å². The minimum atomic E-state index is -0.953. The molecule has 0 saturated heterocycles. The number of hydrogen-bond acceptors (Lipinski definition) is 5. The van der Waals surface area contributed by atoms with E-state index in [0.717, 1.165) is 22.3 Å². The van der Waals surface area contributed by atoms with Crippen LogP contribution < -0.4 is 11.1 Å². The first kappa shape index (κ1) is 17.9. The molecule has 126 valence electrons. The van der Waals surface area contributed by atoms with Gasteiger partial charge in [-0.2, -0.15) is 0 Å². The fourth-order valence-electron chi connectivity index (χ4n) is 2.26. The van der Waals surface area contributed by atoms with Crippen molar-refractivity contribution in [1.29, 1.82) is 0 Å². The number of hydrogen-bond donors (Lipinski definition) is 3. The highest BCUT2D eigenvalue weighted by atomic mass is 35.5. The summed E-state index contributed by atoms with van der Waals surface area (Å²) in [6.45, 7) is 1.60.